The van der Waals surface area contributed by atoms with Gasteiger partial charge >= 0.3 is 11.9 Å². The third-order valence-electron chi connectivity index (χ3n) is 3.37. The van der Waals surface area contributed by atoms with Gasteiger partial charge in [-0.25, -0.2) is 0 Å². The molecule has 0 spiro atoms. The average molecular weight is 341 g/mol. The summed E-state index contributed by atoms with van der Waals surface area (Å²) in [7, 11) is 0. The Morgan fingerprint density at radius 3 is 2.48 bits per heavy atom. The second-order valence-corrected chi connectivity index (χ2v) is 5.96. The van der Waals surface area contributed by atoms with Crippen molar-refractivity contribution >= 4 is 23.5 Å². The van der Waals surface area contributed by atoms with Crippen molar-refractivity contribution in [3.63, 3.8) is 0 Å². The highest BCUT2D eigenvalue weighted by Gasteiger charge is 2.12. The predicted octanol–water partition coefficient (Wildman–Crippen LogP) is 4.93. The van der Waals surface area contributed by atoms with Gasteiger partial charge in [-0.05, 0) is 38.3 Å². The van der Waals surface area contributed by atoms with Gasteiger partial charge in [-0.1, -0.05) is 43.5 Å². The van der Waals surface area contributed by atoms with Crippen LogP contribution in [0.5, 0.6) is 5.75 Å². The molecule has 0 N–H and O–H groups in total. The molecule has 0 aliphatic rings. The van der Waals surface area contributed by atoms with Crippen LogP contribution in [-0.4, -0.2) is 18.0 Å². The molecule has 1 rings (SSSR count). The molecule has 1 atom stereocenters. The minimum absolute atomic E-state index is 0.0656. The fourth-order valence-corrected chi connectivity index (χ4v) is 2.28. The number of halogens is 1. The van der Waals surface area contributed by atoms with Gasteiger partial charge in [-0.2, -0.15) is 0 Å². The molecule has 23 heavy (non-hydrogen) atoms. The van der Waals surface area contributed by atoms with E-state index in [-0.39, 0.29) is 24.9 Å². The number of hydrogen-bond donors (Lipinski definition) is 0. The van der Waals surface area contributed by atoms with Crippen LogP contribution in [0, 0.1) is 0 Å². The third-order valence-corrected chi connectivity index (χ3v) is 3.68. The molecule has 128 valence electrons. The predicted molar refractivity (Wildman–Crippen MR) is 90.6 cm³/mol. The Kier molecular flexibility index (Phi) is 9.37. The molecule has 1 unspecified atom stereocenters. The second kappa shape index (κ2) is 11.1. The molecule has 0 fully saturated rings. The lowest BCUT2D eigenvalue weighted by Gasteiger charge is -2.12. The first-order chi connectivity index (χ1) is 11.0. The van der Waals surface area contributed by atoms with Gasteiger partial charge in [0, 0.05) is 12.8 Å². The van der Waals surface area contributed by atoms with Gasteiger partial charge in [0.15, 0.2) is 0 Å². The Labute approximate surface area is 143 Å². The number of carbonyl (C=O) groups excluding carboxylic acids is 2. The Hall–Kier alpha value is -1.55. The van der Waals surface area contributed by atoms with Gasteiger partial charge in [0.1, 0.15) is 5.75 Å². The number of carbonyl (C=O) groups is 2. The van der Waals surface area contributed by atoms with E-state index in [4.69, 9.17) is 21.1 Å². The molecule has 0 aliphatic carbocycles. The quantitative estimate of drug-likeness (QED) is 0.344. The summed E-state index contributed by atoms with van der Waals surface area (Å²) in [6.07, 6.45) is 4.96. The van der Waals surface area contributed by atoms with E-state index in [2.05, 4.69) is 6.92 Å². The minimum Gasteiger partial charge on any atom is -0.463 e. The van der Waals surface area contributed by atoms with Crippen LogP contribution in [0.1, 0.15) is 58.8 Å². The van der Waals surface area contributed by atoms with Gasteiger partial charge in [0.25, 0.3) is 0 Å². The fraction of sp³-hybridized carbons (Fsp3) is 0.556. The normalized spacial score (nSPS) is 11.8. The molecule has 0 aliphatic heterocycles. The van der Waals surface area contributed by atoms with E-state index in [1.165, 1.54) is 0 Å². The van der Waals surface area contributed by atoms with Gasteiger partial charge < -0.3 is 9.47 Å². The summed E-state index contributed by atoms with van der Waals surface area (Å²) in [5.74, 6) is -0.326. The van der Waals surface area contributed by atoms with Crippen LogP contribution >= 0.6 is 11.6 Å². The third kappa shape index (κ3) is 8.60. The van der Waals surface area contributed by atoms with Gasteiger partial charge in [0.05, 0.1) is 11.1 Å². The monoisotopic (exact) mass is 340 g/mol. The molecule has 0 amide bonds. The van der Waals surface area contributed by atoms with E-state index in [0.29, 0.717) is 17.2 Å². The lowest BCUT2D eigenvalue weighted by atomic mass is 10.1. The number of para-hydroxylation sites is 1. The van der Waals surface area contributed by atoms with Crippen molar-refractivity contribution in [2.24, 2.45) is 0 Å². The molecule has 0 aromatic heterocycles. The molecule has 1 aromatic carbocycles. The van der Waals surface area contributed by atoms with E-state index >= 15 is 0 Å². The first-order valence-corrected chi connectivity index (χ1v) is 8.55. The smallest absolute Gasteiger partial charge is 0.311 e. The Morgan fingerprint density at radius 2 is 1.78 bits per heavy atom. The summed E-state index contributed by atoms with van der Waals surface area (Å²) in [5.41, 5.74) is 0. The fourth-order valence-electron chi connectivity index (χ4n) is 2.10. The van der Waals surface area contributed by atoms with E-state index in [0.717, 1.165) is 25.7 Å². The average Bonchev–Trinajstić information content (AvgIpc) is 2.50. The van der Waals surface area contributed by atoms with E-state index in [1.807, 2.05) is 6.92 Å². The van der Waals surface area contributed by atoms with Crippen molar-refractivity contribution in [2.45, 2.75) is 64.9 Å². The molecule has 0 radical (unpaired) electrons. The van der Waals surface area contributed by atoms with Gasteiger partial charge in [-0.3, -0.25) is 9.59 Å². The molecule has 4 nitrogen and oxygen atoms in total. The van der Waals surface area contributed by atoms with Crippen LogP contribution in [0.3, 0.4) is 0 Å². The van der Waals surface area contributed by atoms with Crippen LogP contribution in [-0.2, 0) is 14.3 Å². The van der Waals surface area contributed by atoms with Crippen LogP contribution in [0.25, 0.3) is 0 Å². The Balaban J connectivity index is 2.19. The zero-order chi connectivity index (χ0) is 17.1. The van der Waals surface area contributed by atoms with Gasteiger partial charge in [0.2, 0.25) is 0 Å². The van der Waals surface area contributed by atoms with Crippen molar-refractivity contribution in [3.05, 3.63) is 29.3 Å². The largest absolute Gasteiger partial charge is 0.463 e. The number of ether oxygens (including phenoxy) is 2. The molecule has 0 bridgehead atoms. The van der Waals surface area contributed by atoms with Crippen molar-refractivity contribution < 1.29 is 19.1 Å². The Bertz CT molecular complexity index is 502. The summed E-state index contributed by atoms with van der Waals surface area (Å²) < 4.78 is 10.5. The number of esters is 2. The lowest BCUT2D eigenvalue weighted by molar-refractivity contribution is -0.148. The number of unbranched alkanes of at least 4 members (excludes halogenated alkanes) is 2. The second-order valence-electron chi connectivity index (χ2n) is 5.55. The lowest BCUT2D eigenvalue weighted by Crippen LogP contribution is -2.15. The SMILES string of the molecule is CCCCCC(C)OC(=O)CCCC(=O)Oc1ccccc1Cl. The minimum atomic E-state index is -0.401. The first-order valence-electron chi connectivity index (χ1n) is 8.17. The topological polar surface area (TPSA) is 52.6 Å². The maximum absolute atomic E-state index is 11.7. The van der Waals surface area contributed by atoms with Crippen molar-refractivity contribution in [2.75, 3.05) is 0 Å². The standard InChI is InChI=1S/C18H25ClO4/c1-3-4-5-9-14(2)22-17(20)12-8-13-18(21)23-16-11-7-6-10-15(16)19/h6-7,10-11,14H,3-5,8-9,12-13H2,1-2H3. The van der Waals surface area contributed by atoms with E-state index in [1.54, 1.807) is 24.3 Å². The zero-order valence-corrected chi connectivity index (χ0v) is 14.6. The maximum atomic E-state index is 11.7. The van der Waals surface area contributed by atoms with Crippen molar-refractivity contribution in [1.29, 1.82) is 0 Å². The Morgan fingerprint density at radius 1 is 1.09 bits per heavy atom. The number of benzene rings is 1. The molecule has 1 aromatic rings. The van der Waals surface area contributed by atoms with Crippen molar-refractivity contribution in [3.8, 4) is 5.75 Å². The first kappa shape index (κ1) is 19.5. The van der Waals surface area contributed by atoms with Crippen LogP contribution in [0.15, 0.2) is 24.3 Å². The highest BCUT2D eigenvalue weighted by atomic mass is 35.5. The summed E-state index contributed by atoms with van der Waals surface area (Å²) >= 11 is 5.91. The number of rotatable bonds is 10. The maximum Gasteiger partial charge on any atom is 0.311 e. The summed E-state index contributed by atoms with van der Waals surface area (Å²) in [6, 6.07) is 6.79. The van der Waals surface area contributed by atoms with Crippen molar-refractivity contribution in [1.82, 2.24) is 0 Å². The van der Waals surface area contributed by atoms with E-state index < -0.39 is 5.97 Å². The van der Waals surface area contributed by atoms with Crippen LogP contribution < -0.4 is 4.74 Å². The van der Waals surface area contributed by atoms with E-state index in [9.17, 15) is 9.59 Å². The summed E-state index contributed by atoms with van der Waals surface area (Å²) in [5, 5.41) is 0.390. The summed E-state index contributed by atoms with van der Waals surface area (Å²) in [6.45, 7) is 4.04. The van der Waals surface area contributed by atoms with Crippen LogP contribution in [0.2, 0.25) is 5.02 Å². The molecule has 0 saturated heterocycles. The molecule has 0 heterocycles. The number of hydrogen-bond acceptors (Lipinski definition) is 4. The van der Waals surface area contributed by atoms with Gasteiger partial charge in [-0.15, -0.1) is 0 Å². The molecular formula is C18H25ClO4. The van der Waals surface area contributed by atoms with Crippen LogP contribution in [0.4, 0.5) is 0 Å². The summed E-state index contributed by atoms with van der Waals surface area (Å²) in [4.78, 5) is 23.4. The molecule has 0 saturated carbocycles. The zero-order valence-electron chi connectivity index (χ0n) is 13.8. The highest BCUT2D eigenvalue weighted by molar-refractivity contribution is 6.32. The molecular weight excluding hydrogens is 316 g/mol. The molecule has 5 heteroatoms. The highest BCUT2D eigenvalue weighted by Crippen LogP contribution is 2.23.